The molecule has 2 aliphatic rings. The van der Waals surface area contributed by atoms with Gasteiger partial charge in [0, 0.05) is 12.1 Å². The van der Waals surface area contributed by atoms with E-state index in [0.29, 0.717) is 11.8 Å². The van der Waals surface area contributed by atoms with Gasteiger partial charge in [-0.05, 0) is 118 Å². The van der Waals surface area contributed by atoms with Gasteiger partial charge in [0.25, 0.3) is 0 Å². The van der Waals surface area contributed by atoms with Crippen molar-refractivity contribution in [3.8, 4) is 0 Å². The largest absolute Gasteiger partial charge is 0.444 e. The molecule has 0 saturated heterocycles. The summed E-state index contributed by atoms with van der Waals surface area (Å²) in [5, 5.41) is 5.84. The summed E-state index contributed by atoms with van der Waals surface area (Å²) in [6.07, 6.45) is 7.89. The molecule has 10 heteroatoms. The van der Waals surface area contributed by atoms with Crippen LogP contribution in [-0.2, 0) is 9.47 Å². The van der Waals surface area contributed by atoms with E-state index in [-0.39, 0.29) is 49.1 Å². The minimum absolute atomic E-state index is 0. The van der Waals surface area contributed by atoms with Crippen molar-refractivity contribution < 1.29 is 19.1 Å². The third kappa shape index (κ3) is 16.6. The molecule has 0 unspecified atom stereocenters. The van der Waals surface area contributed by atoms with Crippen molar-refractivity contribution in [1.29, 1.82) is 0 Å². The van der Waals surface area contributed by atoms with E-state index in [0.717, 1.165) is 64.5 Å². The molecule has 2 saturated carbocycles. The highest BCUT2D eigenvalue weighted by molar-refractivity contribution is 5.85. The molecule has 8 nitrogen and oxygen atoms in total. The molecule has 0 aromatic rings. The van der Waals surface area contributed by atoms with Gasteiger partial charge >= 0.3 is 12.2 Å². The second-order valence-corrected chi connectivity index (χ2v) is 11.2. The Kier molecular flexibility index (Phi) is 17.3. The number of carbonyl (C=O) groups is 2. The van der Waals surface area contributed by atoms with Crippen LogP contribution in [0.3, 0.4) is 0 Å². The Morgan fingerprint density at radius 1 is 0.647 bits per heavy atom. The number of alkyl carbamates (subject to hydrolysis) is 2. The Balaban J connectivity index is 0. The van der Waals surface area contributed by atoms with Gasteiger partial charge in [-0.3, -0.25) is 0 Å². The topological polar surface area (TPSA) is 129 Å². The van der Waals surface area contributed by atoms with Crippen molar-refractivity contribution in [2.24, 2.45) is 23.3 Å². The summed E-state index contributed by atoms with van der Waals surface area (Å²) in [4.78, 5) is 23.0. The molecule has 2 fully saturated rings. The summed E-state index contributed by atoms with van der Waals surface area (Å²) in [5.74, 6) is 1.27. The zero-order chi connectivity index (χ0) is 24.4. The first-order valence-corrected chi connectivity index (χ1v) is 12.2. The van der Waals surface area contributed by atoms with Crippen molar-refractivity contribution in [2.45, 2.75) is 116 Å². The molecule has 2 rings (SSSR count). The van der Waals surface area contributed by atoms with Crippen LogP contribution >= 0.6 is 24.8 Å². The maximum atomic E-state index is 11.5. The van der Waals surface area contributed by atoms with E-state index >= 15 is 0 Å². The minimum atomic E-state index is -0.418. The smallest absolute Gasteiger partial charge is 0.407 e. The number of rotatable bonds is 4. The Morgan fingerprint density at radius 3 is 1.12 bits per heavy atom. The molecule has 204 valence electrons. The standard InChI is InChI=1S/2C12H24N2O2.2ClH/c2*1-12(2,3)16-11(15)14-10-6-4-9(8-13)5-7-10;;/h2*9-10H,4-8,13H2,1-3H3,(H,14,15);2*1H. The molecule has 34 heavy (non-hydrogen) atoms. The molecule has 6 N–H and O–H groups in total. The SMILES string of the molecule is CC(C)(C)OC(=O)NC1CCC(CN)CC1.CC(C)(C)OC(=O)NC1CCC(CN)CC1.Cl.Cl. The summed E-state index contributed by atoms with van der Waals surface area (Å²) in [7, 11) is 0. The van der Waals surface area contributed by atoms with Crippen LogP contribution in [0.25, 0.3) is 0 Å². The van der Waals surface area contributed by atoms with Gasteiger partial charge in [0.2, 0.25) is 0 Å². The first kappa shape index (κ1) is 35.2. The molecule has 0 spiro atoms. The van der Waals surface area contributed by atoms with Crippen LogP contribution in [-0.4, -0.2) is 48.6 Å². The zero-order valence-electron chi connectivity index (χ0n) is 22.0. The first-order chi connectivity index (χ1) is 14.8. The van der Waals surface area contributed by atoms with Crippen LogP contribution in [0.2, 0.25) is 0 Å². The van der Waals surface area contributed by atoms with E-state index in [4.69, 9.17) is 20.9 Å². The number of halogens is 2. The van der Waals surface area contributed by atoms with E-state index in [1.165, 1.54) is 0 Å². The number of nitrogens with one attached hydrogen (secondary N) is 2. The van der Waals surface area contributed by atoms with Crippen LogP contribution < -0.4 is 22.1 Å². The van der Waals surface area contributed by atoms with Crippen molar-refractivity contribution in [3.05, 3.63) is 0 Å². The van der Waals surface area contributed by atoms with Crippen molar-refractivity contribution in [3.63, 3.8) is 0 Å². The second kappa shape index (κ2) is 16.7. The van der Waals surface area contributed by atoms with Crippen molar-refractivity contribution in [1.82, 2.24) is 10.6 Å². The van der Waals surface area contributed by atoms with E-state index in [2.05, 4.69) is 10.6 Å². The van der Waals surface area contributed by atoms with Gasteiger partial charge in [0.15, 0.2) is 0 Å². The maximum absolute atomic E-state index is 11.5. The monoisotopic (exact) mass is 528 g/mol. The third-order valence-corrected chi connectivity index (χ3v) is 5.80. The average Bonchev–Trinajstić information content (AvgIpc) is 2.66. The number of carbonyl (C=O) groups excluding carboxylic acids is 2. The van der Waals surface area contributed by atoms with Gasteiger partial charge in [-0.2, -0.15) is 0 Å². The Morgan fingerprint density at radius 2 is 0.912 bits per heavy atom. The van der Waals surface area contributed by atoms with E-state index < -0.39 is 11.2 Å². The molecular weight excluding hydrogens is 479 g/mol. The second-order valence-electron chi connectivity index (χ2n) is 11.2. The van der Waals surface area contributed by atoms with E-state index in [1.54, 1.807) is 0 Å². The lowest BCUT2D eigenvalue weighted by Gasteiger charge is -2.29. The molecule has 0 aromatic carbocycles. The van der Waals surface area contributed by atoms with Gasteiger partial charge in [0.05, 0.1) is 0 Å². The van der Waals surface area contributed by atoms with E-state index in [9.17, 15) is 9.59 Å². The number of amides is 2. The predicted octanol–water partition coefficient (Wildman–Crippen LogP) is 4.90. The maximum Gasteiger partial charge on any atom is 0.407 e. The summed E-state index contributed by atoms with van der Waals surface area (Å²) in [5.41, 5.74) is 10.4. The van der Waals surface area contributed by atoms with Crippen LogP contribution in [0, 0.1) is 11.8 Å². The highest BCUT2D eigenvalue weighted by atomic mass is 35.5. The Bertz CT molecular complexity index is 516. The fourth-order valence-electron chi connectivity index (χ4n) is 4.03. The first-order valence-electron chi connectivity index (χ1n) is 12.2. The van der Waals surface area contributed by atoms with Gasteiger partial charge in [-0.1, -0.05) is 0 Å². The van der Waals surface area contributed by atoms with Crippen LogP contribution in [0.15, 0.2) is 0 Å². The van der Waals surface area contributed by atoms with E-state index in [1.807, 2.05) is 41.5 Å². The van der Waals surface area contributed by atoms with Gasteiger partial charge < -0.3 is 31.6 Å². The van der Waals surface area contributed by atoms with Crippen molar-refractivity contribution >= 4 is 37.0 Å². The molecule has 0 radical (unpaired) electrons. The highest BCUT2D eigenvalue weighted by Gasteiger charge is 2.25. The summed E-state index contributed by atoms with van der Waals surface area (Å²) in [6.45, 7) is 12.8. The Labute approximate surface area is 219 Å². The minimum Gasteiger partial charge on any atom is -0.444 e. The van der Waals surface area contributed by atoms with Crippen LogP contribution in [0.5, 0.6) is 0 Å². The molecule has 0 aromatic heterocycles. The Hall–Kier alpha value is -0.960. The fraction of sp³-hybridized carbons (Fsp3) is 0.917. The number of ether oxygens (including phenoxy) is 2. The lowest BCUT2D eigenvalue weighted by Crippen LogP contribution is -2.41. The number of hydrogen-bond donors (Lipinski definition) is 4. The van der Waals surface area contributed by atoms with Crippen LogP contribution in [0.4, 0.5) is 9.59 Å². The third-order valence-electron chi connectivity index (χ3n) is 5.80. The fourth-order valence-corrected chi connectivity index (χ4v) is 4.03. The normalized spacial score (nSPS) is 24.7. The number of hydrogen-bond acceptors (Lipinski definition) is 6. The lowest BCUT2D eigenvalue weighted by atomic mass is 9.86. The molecule has 2 aliphatic carbocycles. The van der Waals surface area contributed by atoms with Crippen LogP contribution in [0.1, 0.15) is 92.9 Å². The van der Waals surface area contributed by atoms with Gasteiger partial charge in [-0.25, -0.2) is 9.59 Å². The molecular formula is C24H50Cl2N4O4. The van der Waals surface area contributed by atoms with Crippen molar-refractivity contribution in [2.75, 3.05) is 13.1 Å². The lowest BCUT2D eigenvalue weighted by molar-refractivity contribution is 0.0476. The average molecular weight is 530 g/mol. The summed E-state index contributed by atoms with van der Waals surface area (Å²) >= 11 is 0. The predicted molar refractivity (Wildman–Crippen MR) is 143 cm³/mol. The summed E-state index contributed by atoms with van der Waals surface area (Å²) < 4.78 is 10.4. The zero-order valence-corrected chi connectivity index (χ0v) is 23.6. The highest BCUT2D eigenvalue weighted by Crippen LogP contribution is 2.24. The summed E-state index contributed by atoms with van der Waals surface area (Å²) in [6, 6.07) is 0.523. The molecule has 0 bridgehead atoms. The molecule has 0 aliphatic heterocycles. The molecule has 2 amide bonds. The molecule has 0 atom stereocenters. The van der Waals surface area contributed by atoms with Gasteiger partial charge in [-0.15, -0.1) is 24.8 Å². The molecule has 0 heterocycles. The quantitative estimate of drug-likeness (QED) is 0.410. The number of nitrogens with two attached hydrogens (primary N) is 2. The van der Waals surface area contributed by atoms with Gasteiger partial charge in [0.1, 0.15) is 11.2 Å².